The van der Waals surface area contributed by atoms with E-state index in [0.29, 0.717) is 16.8 Å². The maximum atomic E-state index is 12.9. The maximum Gasteiger partial charge on any atom is 0.270 e. The Morgan fingerprint density at radius 1 is 1.00 bits per heavy atom. The van der Waals surface area contributed by atoms with Crippen molar-refractivity contribution in [1.82, 2.24) is 0 Å². The van der Waals surface area contributed by atoms with Crippen LogP contribution in [0.2, 0.25) is 0 Å². The third kappa shape index (κ3) is 3.09. The fraction of sp³-hybridized carbons (Fsp3) is 0.208. The molecule has 7 nitrogen and oxygen atoms in total. The average molecular weight is 414 g/mol. The second-order valence-electron chi connectivity index (χ2n) is 8.11. The number of amides is 2. The van der Waals surface area contributed by atoms with Crippen LogP contribution >= 0.6 is 0 Å². The summed E-state index contributed by atoms with van der Waals surface area (Å²) < 4.78 is 0. The topological polar surface area (TPSA) is 97.6 Å². The van der Waals surface area contributed by atoms with Crippen LogP contribution in [-0.2, 0) is 9.59 Å². The standard InChI is InChI=1S/C24H18N2O5/c27-20(11-4-14-2-1-3-19(12-14)26(30)31)15-7-9-18(10-8-15)25-23(28)21-16-5-6-17(13-16)22(21)24(25)29/h1-12,16-17,21-22H,13H2. The molecule has 2 aromatic carbocycles. The van der Waals surface area contributed by atoms with Crippen LogP contribution in [0.1, 0.15) is 22.3 Å². The largest absolute Gasteiger partial charge is 0.289 e. The Balaban J connectivity index is 1.32. The molecule has 0 N–H and O–H groups in total. The lowest BCUT2D eigenvalue weighted by molar-refractivity contribution is -0.384. The van der Waals surface area contributed by atoms with Crippen LogP contribution in [0.15, 0.2) is 66.8 Å². The van der Waals surface area contributed by atoms with Crippen LogP contribution in [0.4, 0.5) is 11.4 Å². The van der Waals surface area contributed by atoms with Crippen LogP contribution in [0.5, 0.6) is 0 Å². The highest BCUT2D eigenvalue weighted by Crippen LogP contribution is 2.53. The molecule has 7 heteroatoms. The fourth-order valence-electron chi connectivity index (χ4n) is 4.94. The van der Waals surface area contributed by atoms with E-state index >= 15 is 0 Å². The number of non-ortho nitro benzene ring substituents is 1. The lowest BCUT2D eigenvalue weighted by atomic mass is 9.85. The molecular formula is C24H18N2O5. The molecule has 31 heavy (non-hydrogen) atoms. The molecule has 154 valence electrons. The minimum atomic E-state index is -0.492. The van der Waals surface area contributed by atoms with Gasteiger partial charge >= 0.3 is 0 Å². The van der Waals surface area contributed by atoms with Gasteiger partial charge in [0.2, 0.25) is 11.8 Å². The molecule has 1 saturated carbocycles. The molecule has 1 aliphatic heterocycles. The zero-order valence-corrected chi connectivity index (χ0v) is 16.4. The lowest BCUT2D eigenvalue weighted by Gasteiger charge is -2.17. The van der Waals surface area contributed by atoms with Gasteiger partial charge in [-0.25, -0.2) is 0 Å². The van der Waals surface area contributed by atoms with E-state index in [1.54, 1.807) is 36.4 Å². The van der Waals surface area contributed by atoms with Gasteiger partial charge in [0.05, 0.1) is 22.4 Å². The van der Waals surface area contributed by atoms with Crippen LogP contribution in [0.25, 0.3) is 6.08 Å². The molecule has 0 radical (unpaired) electrons. The number of benzene rings is 2. The average Bonchev–Trinajstić information content (AvgIpc) is 3.46. The van der Waals surface area contributed by atoms with Gasteiger partial charge in [-0.05, 0) is 54.2 Å². The molecule has 2 bridgehead atoms. The molecule has 4 unspecified atom stereocenters. The molecule has 2 aliphatic carbocycles. The number of imide groups is 1. The zero-order chi connectivity index (χ0) is 21.7. The summed E-state index contributed by atoms with van der Waals surface area (Å²) in [6, 6.07) is 12.4. The summed E-state index contributed by atoms with van der Waals surface area (Å²) in [6.45, 7) is 0. The Morgan fingerprint density at radius 3 is 2.26 bits per heavy atom. The molecule has 4 atom stereocenters. The number of rotatable bonds is 5. The highest BCUT2D eigenvalue weighted by molar-refractivity contribution is 6.23. The first-order chi connectivity index (χ1) is 14.9. The Bertz CT molecular complexity index is 1150. The molecule has 1 heterocycles. The van der Waals surface area contributed by atoms with Crippen molar-refractivity contribution < 1.29 is 19.3 Å². The smallest absolute Gasteiger partial charge is 0.270 e. The number of carbonyl (C=O) groups is 3. The van der Waals surface area contributed by atoms with Gasteiger partial charge < -0.3 is 0 Å². The van der Waals surface area contributed by atoms with Crippen molar-refractivity contribution >= 4 is 35.0 Å². The summed E-state index contributed by atoms with van der Waals surface area (Å²) in [5, 5.41) is 10.9. The van der Waals surface area contributed by atoms with E-state index in [0.717, 1.165) is 6.42 Å². The fourth-order valence-corrected chi connectivity index (χ4v) is 4.94. The third-order valence-corrected chi connectivity index (χ3v) is 6.39. The summed E-state index contributed by atoms with van der Waals surface area (Å²) >= 11 is 0. The number of hydrogen-bond donors (Lipinski definition) is 0. The summed E-state index contributed by atoms with van der Waals surface area (Å²) in [7, 11) is 0. The minimum absolute atomic E-state index is 0.0488. The zero-order valence-electron chi connectivity index (χ0n) is 16.4. The molecule has 2 fully saturated rings. The predicted molar refractivity (Wildman–Crippen MR) is 113 cm³/mol. The van der Waals surface area contributed by atoms with Gasteiger partial charge in [0.1, 0.15) is 0 Å². The maximum absolute atomic E-state index is 12.9. The number of carbonyl (C=O) groups excluding carboxylic acids is 3. The van der Waals surface area contributed by atoms with Crippen LogP contribution in [0.3, 0.4) is 0 Å². The second-order valence-corrected chi connectivity index (χ2v) is 8.11. The van der Waals surface area contributed by atoms with E-state index in [4.69, 9.17) is 0 Å². The van der Waals surface area contributed by atoms with Crippen LogP contribution in [0, 0.1) is 33.8 Å². The number of nitro benzene ring substituents is 1. The molecule has 0 aromatic heterocycles. The van der Waals surface area contributed by atoms with E-state index in [1.807, 2.05) is 0 Å². The SMILES string of the molecule is O=C(C=Cc1cccc([N+](=O)[O-])c1)c1ccc(N2C(=O)C3C4C=CC(C4)C3C2=O)cc1. The van der Waals surface area contributed by atoms with E-state index in [2.05, 4.69) is 12.2 Å². The van der Waals surface area contributed by atoms with Gasteiger partial charge in [-0.3, -0.25) is 29.4 Å². The van der Waals surface area contributed by atoms with Crippen molar-refractivity contribution in [3.05, 3.63) is 88.0 Å². The number of ketones is 1. The number of nitro groups is 1. The molecule has 3 aliphatic rings. The molecule has 0 spiro atoms. The van der Waals surface area contributed by atoms with E-state index in [-0.39, 0.29) is 47.0 Å². The number of anilines is 1. The monoisotopic (exact) mass is 414 g/mol. The normalized spacial score (nSPS) is 26.1. The molecule has 2 amide bonds. The van der Waals surface area contributed by atoms with Gasteiger partial charge in [-0.1, -0.05) is 30.4 Å². The number of fused-ring (bicyclic) bond motifs is 5. The number of allylic oxidation sites excluding steroid dienone is 3. The highest BCUT2D eigenvalue weighted by Gasteiger charge is 2.59. The molecule has 1 saturated heterocycles. The minimum Gasteiger partial charge on any atom is -0.289 e. The van der Waals surface area contributed by atoms with Crippen molar-refractivity contribution in [2.75, 3.05) is 4.90 Å². The lowest BCUT2D eigenvalue weighted by Crippen LogP contribution is -2.32. The van der Waals surface area contributed by atoms with Gasteiger partial charge in [0.25, 0.3) is 5.69 Å². The molecule has 5 rings (SSSR count). The van der Waals surface area contributed by atoms with Crippen molar-refractivity contribution in [1.29, 1.82) is 0 Å². The van der Waals surface area contributed by atoms with Crippen LogP contribution < -0.4 is 4.90 Å². The Morgan fingerprint density at radius 2 is 1.65 bits per heavy atom. The van der Waals surface area contributed by atoms with E-state index in [9.17, 15) is 24.5 Å². The first-order valence-electron chi connectivity index (χ1n) is 10.1. The molecule has 2 aromatic rings. The first-order valence-corrected chi connectivity index (χ1v) is 10.1. The van der Waals surface area contributed by atoms with Crippen molar-refractivity contribution in [2.24, 2.45) is 23.7 Å². The highest BCUT2D eigenvalue weighted by atomic mass is 16.6. The summed E-state index contributed by atoms with van der Waals surface area (Å²) in [6.07, 6.45) is 7.84. The van der Waals surface area contributed by atoms with Gasteiger partial charge in [0, 0.05) is 17.7 Å². The van der Waals surface area contributed by atoms with E-state index < -0.39 is 4.92 Å². The van der Waals surface area contributed by atoms with Gasteiger partial charge in [-0.15, -0.1) is 0 Å². The van der Waals surface area contributed by atoms with Gasteiger partial charge in [-0.2, -0.15) is 0 Å². The predicted octanol–water partition coefficient (Wildman–Crippen LogP) is 3.80. The number of hydrogen-bond acceptors (Lipinski definition) is 5. The second kappa shape index (κ2) is 7.12. The van der Waals surface area contributed by atoms with Crippen molar-refractivity contribution in [3.8, 4) is 0 Å². The van der Waals surface area contributed by atoms with Crippen molar-refractivity contribution in [2.45, 2.75) is 6.42 Å². The summed E-state index contributed by atoms with van der Waals surface area (Å²) in [4.78, 5) is 49.9. The third-order valence-electron chi connectivity index (χ3n) is 6.39. The van der Waals surface area contributed by atoms with E-state index in [1.165, 1.54) is 29.2 Å². The Kier molecular flexibility index (Phi) is 4.39. The summed E-state index contributed by atoms with van der Waals surface area (Å²) in [5.74, 6) is -0.819. The Hall–Kier alpha value is -3.87. The first kappa shape index (κ1) is 19.1. The van der Waals surface area contributed by atoms with Crippen molar-refractivity contribution in [3.63, 3.8) is 0 Å². The summed E-state index contributed by atoms with van der Waals surface area (Å²) in [5.41, 5.74) is 1.36. The quantitative estimate of drug-likeness (QED) is 0.185. The Labute approximate surface area is 177 Å². The molecular weight excluding hydrogens is 396 g/mol. The van der Waals surface area contributed by atoms with Gasteiger partial charge in [0.15, 0.2) is 5.78 Å². The van der Waals surface area contributed by atoms with Crippen LogP contribution in [-0.4, -0.2) is 22.5 Å². The number of nitrogens with zero attached hydrogens (tertiary/aromatic N) is 2.